The van der Waals surface area contributed by atoms with Crippen molar-refractivity contribution in [2.75, 3.05) is 13.2 Å². The maximum absolute atomic E-state index is 11.7. The van der Waals surface area contributed by atoms with Crippen LogP contribution in [0.1, 0.15) is 28.2 Å². The molecule has 0 aromatic heterocycles. The maximum atomic E-state index is 11.7. The molecule has 3 rings (SSSR count). The van der Waals surface area contributed by atoms with E-state index in [4.69, 9.17) is 9.47 Å². The van der Waals surface area contributed by atoms with Crippen LogP contribution >= 0.6 is 0 Å². The molecular weight excluding hydrogens is 364 g/mol. The van der Waals surface area contributed by atoms with Crippen molar-refractivity contribution >= 4 is 5.97 Å². The second-order valence-corrected chi connectivity index (χ2v) is 7.12. The van der Waals surface area contributed by atoms with E-state index < -0.39 is 11.9 Å². The first kappa shape index (κ1) is 20.5. The van der Waals surface area contributed by atoms with Crippen molar-refractivity contribution in [3.05, 3.63) is 95.1 Å². The fraction of sp³-hybridized carbons (Fsp3) is 0.240. The molecule has 0 amide bonds. The Morgan fingerprint density at radius 2 is 1.66 bits per heavy atom. The maximum Gasteiger partial charge on any atom is 0.311 e. The average molecular weight is 390 g/mol. The number of carboxylic acids is 1. The molecule has 0 aliphatic heterocycles. The molecule has 0 heterocycles. The lowest BCUT2D eigenvalue weighted by atomic mass is 9.92. The highest BCUT2D eigenvalue weighted by Crippen LogP contribution is 2.24. The summed E-state index contributed by atoms with van der Waals surface area (Å²) >= 11 is 0. The van der Waals surface area contributed by atoms with Crippen molar-refractivity contribution in [1.82, 2.24) is 0 Å². The highest BCUT2D eigenvalue weighted by Gasteiger charge is 2.20. The molecule has 0 saturated carbocycles. The van der Waals surface area contributed by atoms with E-state index in [2.05, 4.69) is 6.07 Å². The first-order valence-electron chi connectivity index (χ1n) is 9.72. The van der Waals surface area contributed by atoms with Gasteiger partial charge in [0.1, 0.15) is 24.7 Å². The summed E-state index contributed by atoms with van der Waals surface area (Å²) in [6, 6.07) is 23.0. The Labute approximate surface area is 171 Å². The first-order chi connectivity index (χ1) is 14.0. The summed E-state index contributed by atoms with van der Waals surface area (Å²) in [5, 5.41) is 9.63. The Kier molecular flexibility index (Phi) is 6.90. The van der Waals surface area contributed by atoms with Crippen LogP contribution in [0.25, 0.3) is 0 Å². The molecule has 4 heteroatoms. The monoisotopic (exact) mass is 390 g/mol. The summed E-state index contributed by atoms with van der Waals surface area (Å²) in [6.07, 6.45) is 0.412. The van der Waals surface area contributed by atoms with Crippen LogP contribution in [0.15, 0.2) is 72.8 Å². The van der Waals surface area contributed by atoms with Gasteiger partial charge in [-0.25, -0.2) is 0 Å². The van der Waals surface area contributed by atoms with E-state index in [9.17, 15) is 9.90 Å². The third-order valence-corrected chi connectivity index (χ3v) is 4.79. The number of ether oxygens (including phenoxy) is 2. The molecule has 0 spiro atoms. The minimum absolute atomic E-state index is 0.412. The number of hydrogen-bond donors (Lipinski definition) is 1. The third kappa shape index (κ3) is 5.85. The number of aliphatic carboxylic acids is 1. The topological polar surface area (TPSA) is 55.8 Å². The quantitative estimate of drug-likeness (QED) is 0.512. The SMILES string of the molecule is Cc1ccc(C)c(OCCOc2cccc(CC(C(=O)O)c3ccccc3)c2)c1. The molecule has 0 aliphatic rings. The predicted octanol–water partition coefficient (Wildman–Crippen LogP) is 5.17. The van der Waals surface area contributed by atoms with Crippen LogP contribution < -0.4 is 9.47 Å². The second kappa shape index (κ2) is 9.78. The molecule has 0 fully saturated rings. The summed E-state index contributed by atoms with van der Waals surface area (Å²) in [4.78, 5) is 11.7. The molecule has 0 aliphatic carbocycles. The van der Waals surface area contributed by atoms with Crippen molar-refractivity contribution in [2.45, 2.75) is 26.2 Å². The van der Waals surface area contributed by atoms with E-state index in [1.807, 2.05) is 80.6 Å². The van der Waals surface area contributed by atoms with Gasteiger partial charge in [0.15, 0.2) is 0 Å². The number of carbonyl (C=O) groups is 1. The van der Waals surface area contributed by atoms with Crippen LogP contribution in [0, 0.1) is 13.8 Å². The minimum Gasteiger partial charge on any atom is -0.490 e. The van der Waals surface area contributed by atoms with E-state index in [0.717, 1.165) is 28.0 Å². The first-order valence-corrected chi connectivity index (χ1v) is 9.72. The van der Waals surface area contributed by atoms with Gasteiger partial charge in [0.05, 0.1) is 5.92 Å². The molecule has 29 heavy (non-hydrogen) atoms. The molecule has 0 radical (unpaired) electrons. The van der Waals surface area contributed by atoms with Crippen LogP contribution in [0.2, 0.25) is 0 Å². The van der Waals surface area contributed by atoms with E-state index in [-0.39, 0.29) is 0 Å². The van der Waals surface area contributed by atoms with Crippen LogP contribution in [0.5, 0.6) is 11.5 Å². The van der Waals surface area contributed by atoms with Crippen LogP contribution in [-0.2, 0) is 11.2 Å². The van der Waals surface area contributed by atoms with E-state index in [1.54, 1.807) is 0 Å². The van der Waals surface area contributed by atoms with Crippen LogP contribution in [-0.4, -0.2) is 24.3 Å². The highest BCUT2D eigenvalue weighted by molar-refractivity contribution is 5.76. The number of aryl methyl sites for hydroxylation is 2. The molecule has 0 saturated heterocycles. The Morgan fingerprint density at radius 1 is 0.897 bits per heavy atom. The van der Waals surface area contributed by atoms with Gasteiger partial charge in [0.25, 0.3) is 0 Å². The lowest BCUT2D eigenvalue weighted by molar-refractivity contribution is -0.138. The second-order valence-electron chi connectivity index (χ2n) is 7.12. The van der Waals surface area contributed by atoms with E-state index in [0.29, 0.717) is 25.4 Å². The molecule has 1 atom stereocenters. The van der Waals surface area contributed by atoms with Gasteiger partial charge in [-0.1, -0.05) is 54.6 Å². The van der Waals surface area contributed by atoms with Crippen molar-refractivity contribution in [1.29, 1.82) is 0 Å². The van der Waals surface area contributed by atoms with Crippen LogP contribution in [0.4, 0.5) is 0 Å². The molecule has 150 valence electrons. The Balaban J connectivity index is 1.57. The molecule has 3 aromatic rings. The van der Waals surface area contributed by atoms with E-state index >= 15 is 0 Å². The zero-order chi connectivity index (χ0) is 20.6. The van der Waals surface area contributed by atoms with Gasteiger partial charge in [0.2, 0.25) is 0 Å². The van der Waals surface area contributed by atoms with Gasteiger partial charge in [-0.05, 0) is 60.7 Å². The van der Waals surface area contributed by atoms with Crippen molar-refractivity contribution in [3.63, 3.8) is 0 Å². The van der Waals surface area contributed by atoms with Gasteiger partial charge < -0.3 is 14.6 Å². The molecule has 1 unspecified atom stereocenters. The summed E-state index contributed by atoms with van der Waals surface area (Å²) in [7, 11) is 0. The molecule has 1 N–H and O–H groups in total. The van der Waals surface area contributed by atoms with Crippen molar-refractivity contribution < 1.29 is 19.4 Å². The number of rotatable bonds is 9. The standard InChI is InChI=1S/C25H26O4/c1-18-11-12-19(2)24(15-18)29-14-13-28-22-10-6-7-20(16-22)17-23(25(26)27)21-8-4-3-5-9-21/h3-12,15-16,23H,13-14,17H2,1-2H3,(H,26,27). The van der Waals surface area contributed by atoms with Crippen molar-refractivity contribution in [3.8, 4) is 11.5 Å². The summed E-state index contributed by atoms with van der Waals surface area (Å²) in [5.41, 5.74) is 3.98. The fourth-order valence-electron chi connectivity index (χ4n) is 3.20. The lowest BCUT2D eigenvalue weighted by Crippen LogP contribution is -2.14. The zero-order valence-electron chi connectivity index (χ0n) is 16.8. The third-order valence-electron chi connectivity index (χ3n) is 4.79. The normalized spacial score (nSPS) is 11.7. The summed E-state index contributed by atoms with van der Waals surface area (Å²) in [5.74, 6) is 0.169. The minimum atomic E-state index is -0.829. The van der Waals surface area contributed by atoms with Crippen molar-refractivity contribution in [2.24, 2.45) is 0 Å². The molecule has 3 aromatic carbocycles. The van der Waals surface area contributed by atoms with E-state index in [1.165, 1.54) is 0 Å². The number of hydrogen-bond acceptors (Lipinski definition) is 3. The summed E-state index contributed by atoms with van der Waals surface area (Å²) in [6.45, 7) is 4.91. The Hall–Kier alpha value is -3.27. The average Bonchev–Trinajstić information content (AvgIpc) is 2.72. The molecular formula is C25H26O4. The smallest absolute Gasteiger partial charge is 0.311 e. The van der Waals surface area contributed by atoms with Gasteiger partial charge in [-0.3, -0.25) is 4.79 Å². The molecule has 4 nitrogen and oxygen atoms in total. The largest absolute Gasteiger partial charge is 0.490 e. The highest BCUT2D eigenvalue weighted by atomic mass is 16.5. The Morgan fingerprint density at radius 3 is 2.41 bits per heavy atom. The number of carboxylic acid groups (broad SMARTS) is 1. The van der Waals surface area contributed by atoms with Gasteiger partial charge in [-0.15, -0.1) is 0 Å². The van der Waals surface area contributed by atoms with Gasteiger partial charge in [-0.2, -0.15) is 0 Å². The predicted molar refractivity (Wildman–Crippen MR) is 114 cm³/mol. The van der Waals surface area contributed by atoms with Gasteiger partial charge >= 0.3 is 5.97 Å². The van der Waals surface area contributed by atoms with Crippen LogP contribution in [0.3, 0.4) is 0 Å². The van der Waals surface area contributed by atoms with Gasteiger partial charge in [0, 0.05) is 0 Å². The zero-order valence-corrected chi connectivity index (χ0v) is 16.8. The fourth-order valence-corrected chi connectivity index (χ4v) is 3.20. The summed E-state index contributed by atoms with van der Waals surface area (Å²) < 4.78 is 11.6. The lowest BCUT2D eigenvalue weighted by Gasteiger charge is -2.14. The molecule has 0 bridgehead atoms. The number of benzene rings is 3. The Bertz CT molecular complexity index is 950.